The molecule has 3 atom stereocenters. The van der Waals surface area contributed by atoms with Crippen LogP contribution in [0.3, 0.4) is 0 Å². The first-order valence-electron chi connectivity index (χ1n) is 7.25. The lowest BCUT2D eigenvalue weighted by Crippen LogP contribution is -2.25. The van der Waals surface area contributed by atoms with Crippen LogP contribution in [0.4, 0.5) is 0 Å². The predicted octanol–water partition coefficient (Wildman–Crippen LogP) is 2.01. The molecule has 0 aromatic heterocycles. The molecule has 0 aliphatic carbocycles. The van der Waals surface area contributed by atoms with E-state index in [1.165, 1.54) is 0 Å². The monoisotopic (exact) mass is 278 g/mol. The fraction of sp³-hybridized carbons (Fsp3) is 0.647. The van der Waals surface area contributed by atoms with E-state index in [-0.39, 0.29) is 6.42 Å². The van der Waals surface area contributed by atoms with Gasteiger partial charge in [-0.15, -0.1) is 6.58 Å². The Hall–Kier alpha value is -1.26. The summed E-state index contributed by atoms with van der Waals surface area (Å²) in [6.45, 7) is 5.49. The Bertz CT molecular complexity index is 367. The Morgan fingerprint density at radius 1 is 1.05 bits per heavy atom. The van der Waals surface area contributed by atoms with Gasteiger partial charge < -0.3 is 15.3 Å². The van der Waals surface area contributed by atoms with E-state index in [1.807, 2.05) is 13.0 Å². The molecule has 0 unspecified atom stereocenters. The molecule has 0 saturated carbocycles. The van der Waals surface area contributed by atoms with Gasteiger partial charge in [-0.1, -0.05) is 37.7 Å². The summed E-state index contributed by atoms with van der Waals surface area (Å²) in [5.74, 6) is 10.4. The number of unbranched alkanes of at least 4 members (excludes halogenated alkanes) is 3. The van der Waals surface area contributed by atoms with E-state index >= 15 is 0 Å². The van der Waals surface area contributed by atoms with Crippen LogP contribution in [-0.4, -0.2) is 33.6 Å². The molecule has 3 heteroatoms. The molecule has 0 rings (SSSR count). The van der Waals surface area contributed by atoms with Crippen molar-refractivity contribution in [1.29, 1.82) is 0 Å². The van der Waals surface area contributed by atoms with Gasteiger partial charge in [-0.05, 0) is 37.5 Å². The van der Waals surface area contributed by atoms with E-state index < -0.39 is 18.3 Å². The van der Waals surface area contributed by atoms with Gasteiger partial charge >= 0.3 is 0 Å². The van der Waals surface area contributed by atoms with E-state index in [0.717, 1.165) is 25.7 Å². The maximum atomic E-state index is 9.74. The molecule has 0 saturated heterocycles. The molecule has 20 heavy (non-hydrogen) atoms. The number of hydrogen-bond donors (Lipinski definition) is 3. The first kappa shape index (κ1) is 18.7. The van der Waals surface area contributed by atoms with Crippen LogP contribution in [0.2, 0.25) is 0 Å². The summed E-state index contributed by atoms with van der Waals surface area (Å²) in [7, 11) is 0. The van der Waals surface area contributed by atoms with E-state index in [2.05, 4.69) is 30.3 Å². The first-order valence-corrected chi connectivity index (χ1v) is 7.25. The Labute approximate surface area is 122 Å². The maximum Gasteiger partial charge on any atom is 0.115 e. The van der Waals surface area contributed by atoms with E-state index in [1.54, 1.807) is 0 Å². The smallest absolute Gasteiger partial charge is 0.115 e. The molecule has 3 N–H and O–H groups in total. The van der Waals surface area contributed by atoms with Crippen LogP contribution in [0.25, 0.3) is 0 Å². The number of hydrogen-bond acceptors (Lipinski definition) is 3. The van der Waals surface area contributed by atoms with Crippen LogP contribution in [0.5, 0.6) is 0 Å². The van der Waals surface area contributed by atoms with Gasteiger partial charge in [0.05, 0.1) is 12.2 Å². The van der Waals surface area contributed by atoms with Crippen LogP contribution < -0.4 is 0 Å². The minimum atomic E-state index is -0.834. The number of allylic oxidation sites excluding steroid dienone is 1. The standard InChI is InChI=1S/C17H26O3/c1-3-5-6-7-10-13-16(19)17(20)14-11-8-9-12-15(18)4-2/h3,15-20H,1,4-7,10,13-14H2,2H3/t15-,16-,17-/m1/s1. The molecule has 3 nitrogen and oxygen atoms in total. The van der Waals surface area contributed by atoms with Gasteiger partial charge in [0, 0.05) is 6.42 Å². The third-order valence-corrected chi connectivity index (χ3v) is 2.94. The molecular formula is C17H26O3. The lowest BCUT2D eigenvalue weighted by atomic mass is 10.0. The summed E-state index contributed by atoms with van der Waals surface area (Å²) in [5.41, 5.74) is 0. The molecule has 112 valence electrons. The highest BCUT2D eigenvalue weighted by atomic mass is 16.3. The molecule has 0 aliphatic heterocycles. The Morgan fingerprint density at radius 2 is 1.80 bits per heavy atom. The average molecular weight is 278 g/mol. The lowest BCUT2D eigenvalue weighted by Gasteiger charge is -2.15. The minimum absolute atomic E-state index is 0.199. The maximum absolute atomic E-state index is 9.74. The summed E-state index contributed by atoms with van der Waals surface area (Å²) in [6, 6.07) is 0. The van der Waals surface area contributed by atoms with Crippen molar-refractivity contribution in [3.8, 4) is 23.7 Å². The van der Waals surface area contributed by atoms with Crippen LogP contribution >= 0.6 is 0 Å². The minimum Gasteiger partial charge on any atom is -0.390 e. The summed E-state index contributed by atoms with van der Waals surface area (Å²) >= 11 is 0. The van der Waals surface area contributed by atoms with E-state index in [4.69, 9.17) is 0 Å². The van der Waals surface area contributed by atoms with Crippen molar-refractivity contribution in [2.75, 3.05) is 0 Å². The SMILES string of the molecule is C=CCCCCC[C@@H](O)[C@H](O)CC#CC#C[C@H](O)CC. The van der Waals surface area contributed by atoms with Crippen molar-refractivity contribution >= 4 is 0 Å². The second-order valence-corrected chi connectivity index (χ2v) is 4.76. The quantitative estimate of drug-likeness (QED) is 0.343. The predicted molar refractivity (Wildman–Crippen MR) is 81.8 cm³/mol. The average Bonchev–Trinajstić information content (AvgIpc) is 2.45. The highest BCUT2D eigenvalue weighted by Gasteiger charge is 2.14. The van der Waals surface area contributed by atoms with Crippen LogP contribution in [-0.2, 0) is 0 Å². The van der Waals surface area contributed by atoms with Gasteiger partial charge in [-0.2, -0.15) is 0 Å². The largest absolute Gasteiger partial charge is 0.390 e. The highest BCUT2D eigenvalue weighted by Crippen LogP contribution is 2.10. The van der Waals surface area contributed by atoms with Crippen LogP contribution in [0.15, 0.2) is 12.7 Å². The Morgan fingerprint density at radius 3 is 2.45 bits per heavy atom. The molecule has 0 spiro atoms. The molecule has 0 aromatic rings. The fourth-order valence-corrected chi connectivity index (χ4v) is 1.57. The van der Waals surface area contributed by atoms with Gasteiger partial charge in [0.15, 0.2) is 0 Å². The van der Waals surface area contributed by atoms with Crippen molar-refractivity contribution in [3.63, 3.8) is 0 Å². The van der Waals surface area contributed by atoms with Gasteiger partial charge in [0.1, 0.15) is 6.10 Å². The van der Waals surface area contributed by atoms with Crippen molar-refractivity contribution in [2.24, 2.45) is 0 Å². The van der Waals surface area contributed by atoms with Crippen LogP contribution in [0.1, 0.15) is 51.9 Å². The molecule has 0 bridgehead atoms. The molecule has 0 heterocycles. The highest BCUT2D eigenvalue weighted by molar-refractivity contribution is 5.27. The van der Waals surface area contributed by atoms with Gasteiger partial charge in [-0.25, -0.2) is 0 Å². The van der Waals surface area contributed by atoms with E-state index in [9.17, 15) is 15.3 Å². The third kappa shape index (κ3) is 10.6. The molecule has 0 aliphatic rings. The van der Waals surface area contributed by atoms with Gasteiger partial charge in [0.25, 0.3) is 0 Å². The zero-order valence-corrected chi connectivity index (χ0v) is 12.3. The van der Waals surface area contributed by atoms with Gasteiger partial charge in [0.2, 0.25) is 0 Å². The summed E-state index contributed by atoms with van der Waals surface area (Å²) in [5, 5.41) is 28.6. The Kier molecular flexibility index (Phi) is 12.0. The zero-order chi connectivity index (χ0) is 15.2. The Balaban J connectivity index is 3.84. The van der Waals surface area contributed by atoms with Crippen molar-refractivity contribution in [3.05, 3.63) is 12.7 Å². The second kappa shape index (κ2) is 12.8. The normalized spacial score (nSPS) is 14.2. The summed E-state index contributed by atoms with van der Waals surface area (Å²) in [6.07, 6.45) is 5.01. The summed E-state index contributed by atoms with van der Waals surface area (Å²) < 4.78 is 0. The number of aliphatic hydroxyl groups excluding tert-OH is 3. The van der Waals surface area contributed by atoms with Gasteiger partial charge in [-0.3, -0.25) is 0 Å². The zero-order valence-electron chi connectivity index (χ0n) is 12.3. The van der Waals surface area contributed by atoms with Crippen molar-refractivity contribution < 1.29 is 15.3 Å². The van der Waals surface area contributed by atoms with Crippen molar-refractivity contribution in [2.45, 2.75) is 70.2 Å². The first-order chi connectivity index (χ1) is 9.61. The molecule has 0 radical (unpaired) electrons. The lowest BCUT2D eigenvalue weighted by molar-refractivity contribution is 0.0165. The molecule has 0 amide bonds. The molecular weight excluding hydrogens is 252 g/mol. The number of aliphatic hydroxyl groups is 3. The van der Waals surface area contributed by atoms with Crippen molar-refractivity contribution in [1.82, 2.24) is 0 Å². The summed E-state index contributed by atoms with van der Waals surface area (Å²) in [4.78, 5) is 0. The van der Waals surface area contributed by atoms with Crippen LogP contribution in [0, 0.1) is 23.7 Å². The third-order valence-electron chi connectivity index (χ3n) is 2.94. The van der Waals surface area contributed by atoms with E-state index in [0.29, 0.717) is 12.8 Å². The molecule has 0 aromatic carbocycles. The second-order valence-electron chi connectivity index (χ2n) is 4.76. The number of rotatable bonds is 9. The molecule has 0 fully saturated rings. The fourth-order valence-electron chi connectivity index (χ4n) is 1.57. The topological polar surface area (TPSA) is 60.7 Å².